The van der Waals surface area contributed by atoms with E-state index in [9.17, 15) is 5.11 Å². The maximum Gasteiger partial charge on any atom is 0.258 e. The van der Waals surface area contributed by atoms with Gasteiger partial charge in [0, 0.05) is 11.1 Å². The average Bonchev–Trinajstić information content (AvgIpc) is 2.98. The van der Waals surface area contributed by atoms with Crippen molar-refractivity contribution in [2.75, 3.05) is 7.11 Å². The average molecular weight is 268 g/mol. The summed E-state index contributed by atoms with van der Waals surface area (Å²) in [6.45, 7) is 0. The lowest BCUT2D eigenvalue weighted by atomic mass is 10.2. The molecule has 0 saturated carbocycles. The van der Waals surface area contributed by atoms with Gasteiger partial charge in [-0.3, -0.25) is 0 Å². The number of rotatable bonds is 3. The largest absolute Gasteiger partial charge is 0.508 e. The molecule has 1 heterocycles. The third-order valence-corrected chi connectivity index (χ3v) is 2.89. The van der Waals surface area contributed by atoms with Crippen LogP contribution >= 0.6 is 0 Å². The van der Waals surface area contributed by atoms with Crippen LogP contribution in [0, 0.1) is 0 Å². The van der Waals surface area contributed by atoms with Gasteiger partial charge in [-0.05, 0) is 48.5 Å². The number of methoxy groups -OCH3 is 1. The van der Waals surface area contributed by atoms with Gasteiger partial charge in [-0.1, -0.05) is 5.16 Å². The van der Waals surface area contributed by atoms with Crippen molar-refractivity contribution in [1.82, 2.24) is 10.1 Å². The van der Waals surface area contributed by atoms with E-state index in [1.807, 2.05) is 24.3 Å². The van der Waals surface area contributed by atoms with Crippen molar-refractivity contribution in [3.8, 4) is 34.3 Å². The summed E-state index contributed by atoms with van der Waals surface area (Å²) in [6, 6.07) is 14.0. The second kappa shape index (κ2) is 5.05. The van der Waals surface area contributed by atoms with Crippen LogP contribution in [-0.4, -0.2) is 22.4 Å². The van der Waals surface area contributed by atoms with Crippen molar-refractivity contribution in [2.45, 2.75) is 0 Å². The summed E-state index contributed by atoms with van der Waals surface area (Å²) < 4.78 is 10.3. The first-order valence-corrected chi connectivity index (χ1v) is 6.04. The SMILES string of the molecule is COc1ccc(-c2nc(-c3ccc(O)cc3)no2)cc1. The topological polar surface area (TPSA) is 68.4 Å². The van der Waals surface area contributed by atoms with Crippen LogP contribution in [-0.2, 0) is 0 Å². The summed E-state index contributed by atoms with van der Waals surface area (Å²) in [5.41, 5.74) is 1.61. The highest BCUT2D eigenvalue weighted by molar-refractivity contribution is 5.60. The molecule has 0 aliphatic rings. The summed E-state index contributed by atoms with van der Waals surface area (Å²) in [5.74, 6) is 1.89. The Balaban J connectivity index is 1.91. The van der Waals surface area contributed by atoms with Crippen LogP contribution in [0.1, 0.15) is 0 Å². The maximum atomic E-state index is 9.26. The second-order valence-electron chi connectivity index (χ2n) is 4.20. The van der Waals surface area contributed by atoms with Gasteiger partial charge in [0.15, 0.2) is 0 Å². The molecule has 0 bridgehead atoms. The van der Waals surface area contributed by atoms with Crippen LogP contribution < -0.4 is 4.74 Å². The number of hydrogen-bond acceptors (Lipinski definition) is 5. The molecule has 3 aromatic rings. The molecular formula is C15H12N2O3. The monoisotopic (exact) mass is 268 g/mol. The third-order valence-electron chi connectivity index (χ3n) is 2.89. The molecule has 0 unspecified atom stereocenters. The van der Waals surface area contributed by atoms with Crippen LogP contribution in [0.2, 0.25) is 0 Å². The first-order valence-electron chi connectivity index (χ1n) is 6.04. The number of phenolic OH excluding ortho intramolecular Hbond substituents is 1. The Bertz CT molecular complexity index is 703. The zero-order valence-electron chi connectivity index (χ0n) is 10.8. The van der Waals surface area contributed by atoms with E-state index in [2.05, 4.69) is 10.1 Å². The molecule has 5 nitrogen and oxygen atoms in total. The van der Waals surface area contributed by atoms with E-state index in [0.29, 0.717) is 11.7 Å². The molecule has 0 saturated heterocycles. The quantitative estimate of drug-likeness (QED) is 0.790. The lowest BCUT2D eigenvalue weighted by Crippen LogP contribution is -1.83. The number of ether oxygens (including phenoxy) is 1. The molecule has 0 fully saturated rings. The molecule has 1 aromatic heterocycles. The summed E-state index contributed by atoms with van der Waals surface area (Å²) in [7, 11) is 1.62. The summed E-state index contributed by atoms with van der Waals surface area (Å²) in [5, 5.41) is 13.2. The number of aromatic nitrogens is 2. The van der Waals surface area contributed by atoms with Gasteiger partial charge in [0.05, 0.1) is 7.11 Å². The molecule has 20 heavy (non-hydrogen) atoms. The number of aromatic hydroxyl groups is 1. The normalized spacial score (nSPS) is 10.4. The molecule has 3 rings (SSSR count). The number of benzene rings is 2. The molecule has 0 aliphatic heterocycles. The molecule has 2 aromatic carbocycles. The predicted octanol–water partition coefficient (Wildman–Crippen LogP) is 3.12. The Morgan fingerprint density at radius 2 is 1.60 bits per heavy atom. The van der Waals surface area contributed by atoms with Crippen molar-refractivity contribution in [1.29, 1.82) is 0 Å². The minimum Gasteiger partial charge on any atom is -0.508 e. The van der Waals surface area contributed by atoms with E-state index in [1.165, 1.54) is 0 Å². The van der Waals surface area contributed by atoms with Crippen molar-refractivity contribution in [2.24, 2.45) is 0 Å². The molecular weight excluding hydrogens is 256 g/mol. The zero-order valence-corrected chi connectivity index (χ0v) is 10.8. The fourth-order valence-corrected chi connectivity index (χ4v) is 1.80. The molecule has 5 heteroatoms. The van der Waals surface area contributed by atoms with Crippen LogP contribution in [0.15, 0.2) is 53.1 Å². The van der Waals surface area contributed by atoms with Gasteiger partial charge >= 0.3 is 0 Å². The third kappa shape index (κ3) is 2.33. The predicted molar refractivity (Wildman–Crippen MR) is 73.4 cm³/mol. The highest BCUT2D eigenvalue weighted by Gasteiger charge is 2.10. The number of nitrogens with zero attached hydrogens (tertiary/aromatic N) is 2. The highest BCUT2D eigenvalue weighted by Crippen LogP contribution is 2.24. The van der Waals surface area contributed by atoms with E-state index in [-0.39, 0.29) is 5.75 Å². The summed E-state index contributed by atoms with van der Waals surface area (Å²) in [6.07, 6.45) is 0. The van der Waals surface area contributed by atoms with Gasteiger partial charge in [-0.15, -0.1) is 0 Å². The van der Waals surface area contributed by atoms with Crippen LogP contribution in [0.4, 0.5) is 0 Å². The van der Waals surface area contributed by atoms with E-state index in [4.69, 9.17) is 9.26 Å². The molecule has 0 amide bonds. The van der Waals surface area contributed by atoms with Crippen LogP contribution in [0.25, 0.3) is 22.8 Å². The molecule has 0 atom stereocenters. The van der Waals surface area contributed by atoms with Crippen LogP contribution in [0.3, 0.4) is 0 Å². The maximum absolute atomic E-state index is 9.26. The van der Waals surface area contributed by atoms with Crippen molar-refractivity contribution < 1.29 is 14.4 Å². The van der Waals surface area contributed by atoms with Crippen molar-refractivity contribution in [3.05, 3.63) is 48.5 Å². The van der Waals surface area contributed by atoms with Gasteiger partial charge in [-0.2, -0.15) is 4.98 Å². The zero-order chi connectivity index (χ0) is 13.9. The number of phenols is 1. The molecule has 0 aliphatic carbocycles. The van der Waals surface area contributed by atoms with E-state index in [1.54, 1.807) is 31.4 Å². The van der Waals surface area contributed by atoms with Crippen molar-refractivity contribution >= 4 is 0 Å². The van der Waals surface area contributed by atoms with Gasteiger partial charge in [0.2, 0.25) is 5.82 Å². The lowest BCUT2D eigenvalue weighted by molar-refractivity contribution is 0.414. The van der Waals surface area contributed by atoms with E-state index in [0.717, 1.165) is 16.9 Å². The summed E-state index contributed by atoms with van der Waals surface area (Å²) >= 11 is 0. The first-order chi connectivity index (χ1) is 9.76. The minimum absolute atomic E-state index is 0.202. The molecule has 0 radical (unpaired) electrons. The highest BCUT2D eigenvalue weighted by atomic mass is 16.5. The van der Waals surface area contributed by atoms with E-state index < -0.39 is 0 Å². The fourth-order valence-electron chi connectivity index (χ4n) is 1.80. The van der Waals surface area contributed by atoms with Crippen LogP contribution in [0.5, 0.6) is 11.5 Å². The Labute approximate surface area is 115 Å². The molecule has 1 N–H and O–H groups in total. The Morgan fingerprint density at radius 3 is 2.25 bits per heavy atom. The first kappa shape index (κ1) is 12.2. The molecule has 0 spiro atoms. The lowest BCUT2D eigenvalue weighted by Gasteiger charge is -1.98. The second-order valence-corrected chi connectivity index (χ2v) is 4.20. The Morgan fingerprint density at radius 1 is 0.950 bits per heavy atom. The van der Waals surface area contributed by atoms with Gasteiger partial charge < -0.3 is 14.4 Å². The fraction of sp³-hybridized carbons (Fsp3) is 0.0667. The number of hydrogen-bond donors (Lipinski definition) is 1. The smallest absolute Gasteiger partial charge is 0.258 e. The van der Waals surface area contributed by atoms with Gasteiger partial charge in [0.1, 0.15) is 11.5 Å². The molecule has 100 valence electrons. The van der Waals surface area contributed by atoms with E-state index >= 15 is 0 Å². The van der Waals surface area contributed by atoms with Gasteiger partial charge in [0.25, 0.3) is 5.89 Å². The standard InChI is InChI=1S/C15H12N2O3/c1-19-13-8-4-11(5-9-13)15-16-14(17-20-15)10-2-6-12(18)7-3-10/h2-9,18H,1H3. The minimum atomic E-state index is 0.202. The summed E-state index contributed by atoms with van der Waals surface area (Å²) in [4.78, 5) is 4.34. The van der Waals surface area contributed by atoms with Gasteiger partial charge in [-0.25, -0.2) is 0 Å². The Hall–Kier alpha value is -2.82. The Kier molecular flexibility index (Phi) is 3.09. The van der Waals surface area contributed by atoms with Crippen molar-refractivity contribution in [3.63, 3.8) is 0 Å².